The van der Waals surface area contributed by atoms with Gasteiger partial charge in [0.2, 0.25) is 11.2 Å². The molecule has 3 amide bonds. The molecule has 0 spiro atoms. The third kappa shape index (κ3) is 8.56. The number of carbonyl (C=O) groups is 4. The zero-order valence-corrected chi connectivity index (χ0v) is 34.2. The highest BCUT2D eigenvalue weighted by atomic mass is 16.5. The lowest BCUT2D eigenvalue weighted by Crippen LogP contribution is -2.37. The molecule has 4 aromatic heterocycles. The standard InChI is InChI=1S/C21H19N5O4.C20H18N6O3.CH4O.H3N/c1-25-10-8-21(29,20(25)28)7-6-13-4-3-5-14(12-13)15-18-23-9-11-26(18)17(22)16(24-15)19(27)30-2;1-25-9-7-20(29,19(25)28)6-5-12-3-2-4-13(11-12)14-18-23-8-10-26(18)16(21)15(24-14)17(22)27;1-2;/h3-5,9,11-12,29H,8,10,22H2,1-2H3;2-4,8,10-11,29H,7,9,21H2,1H3,(H2,22,27);2H,1H3;1H3/t21-;20-;;/m00../s1. The first-order valence-corrected chi connectivity index (χ1v) is 18.4. The highest BCUT2D eigenvalue weighted by molar-refractivity contribution is 5.97. The van der Waals surface area contributed by atoms with E-state index in [0.29, 0.717) is 58.0 Å². The van der Waals surface area contributed by atoms with Crippen molar-refractivity contribution >= 4 is 46.6 Å². The van der Waals surface area contributed by atoms with Crippen LogP contribution in [-0.4, -0.2) is 130 Å². The Bertz CT molecular complexity index is 2850. The van der Waals surface area contributed by atoms with Crippen LogP contribution in [0.3, 0.4) is 0 Å². The third-order valence-corrected chi connectivity index (χ3v) is 9.89. The van der Waals surface area contributed by atoms with Gasteiger partial charge >= 0.3 is 5.97 Å². The van der Waals surface area contributed by atoms with Gasteiger partial charge in [0.15, 0.2) is 22.7 Å². The number of carbonyl (C=O) groups excluding carboxylic acids is 4. The van der Waals surface area contributed by atoms with Crippen LogP contribution in [0.25, 0.3) is 33.8 Å². The Morgan fingerprint density at radius 2 is 1.16 bits per heavy atom. The smallest absolute Gasteiger partial charge is 0.360 e. The van der Waals surface area contributed by atoms with E-state index in [-0.39, 0.29) is 42.0 Å². The van der Waals surface area contributed by atoms with Crippen molar-refractivity contribution in [3.05, 3.63) is 95.8 Å². The van der Waals surface area contributed by atoms with E-state index >= 15 is 0 Å². The predicted octanol–water partition coefficient (Wildman–Crippen LogP) is 0.502. The number of ether oxygens (including phenoxy) is 1. The summed E-state index contributed by atoms with van der Waals surface area (Å²) >= 11 is 0. The van der Waals surface area contributed by atoms with Gasteiger partial charge in [-0.2, -0.15) is 0 Å². The second kappa shape index (κ2) is 18.2. The zero-order chi connectivity index (χ0) is 44.2. The van der Waals surface area contributed by atoms with Crippen molar-refractivity contribution in [2.24, 2.45) is 5.73 Å². The van der Waals surface area contributed by atoms with Crippen molar-refractivity contribution in [3.8, 4) is 46.2 Å². The lowest BCUT2D eigenvalue weighted by Gasteiger charge is -2.13. The van der Waals surface area contributed by atoms with E-state index in [1.807, 2.05) is 0 Å². The van der Waals surface area contributed by atoms with Gasteiger partial charge < -0.3 is 53.2 Å². The van der Waals surface area contributed by atoms with E-state index in [9.17, 15) is 29.4 Å². The van der Waals surface area contributed by atoms with E-state index in [2.05, 4.69) is 43.6 Å². The number of rotatable bonds is 4. The predicted molar refractivity (Wildman–Crippen MR) is 227 cm³/mol. The number of aromatic nitrogens is 6. The summed E-state index contributed by atoms with van der Waals surface area (Å²) in [6, 6.07) is 14.1. The fourth-order valence-electron chi connectivity index (χ4n) is 6.61. The Morgan fingerprint density at radius 1 is 0.742 bits per heavy atom. The molecule has 0 unspecified atom stereocenters. The fraction of sp³-hybridized carbons (Fsp3) is 0.238. The molecule has 2 aliphatic heterocycles. The Kier molecular flexibility index (Phi) is 13.2. The molecule has 2 fully saturated rings. The average molecular weight is 845 g/mol. The minimum absolute atomic E-state index is 0. The van der Waals surface area contributed by atoms with Crippen LogP contribution in [0.5, 0.6) is 0 Å². The lowest BCUT2D eigenvalue weighted by atomic mass is 10.0. The highest BCUT2D eigenvalue weighted by Gasteiger charge is 2.43. The molecule has 6 aromatic rings. The number of amides is 3. The summed E-state index contributed by atoms with van der Waals surface area (Å²) in [5, 5.41) is 28.0. The number of likely N-dealkylation sites (tertiary alicyclic amines) is 2. The Morgan fingerprint density at radius 3 is 1.55 bits per heavy atom. The molecule has 2 aromatic carbocycles. The number of aliphatic hydroxyl groups excluding tert-OH is 1. The molecule has 12 N–H and O–H groups in total. The Hall–Kier alpha value is -7.88. The first kappa shape index (κ1) is 45.2. The number of likely N-dealkylation sites (N-methyl/N-ethyl adjacent to an activating group) is 2. The fourth-order valence-corrected chi connectivity index (χ4v) is 6.61. The summed E-state index contributed by atoms with van der Waals surface area (Å²) in [7, 11) is 5.51. The van der Waals surface area contributed by atoms with Gasteiger partial charge in [-0.15, -0.1) is 0 Å². The normalized spacial score (nSPS) is 17.7. The number of fused-ring (bicyclic) bond motifs is 2. The quantitative estimate of drug-likeness (QED) is 0.0939. The van der Waals surface area contributed by atoms with Gasteiger partial charge in [-0.05, 0) is 24.3 Å². The summed E-state index contributed by atoms with van der Waals surface area (Å²) < 4.78 is 7.88. The number of benzene rings is 2. The molecular formula is C42H44N12O8. The van der Waals surface area contributed by atoms with Gasteiger partial charge in [0.05, 0.1) is 7.11 Å². The molecule has 20 heteroatoms. The molecule has 0 saturated carbocycles. The maximum Gasteiger partial charge on any atom is 0.360 e. The van der Waals surface area contributed by atoms with Gasteiger partial charge in [-0.25, -0.2) is 24.7 Å². The van der Waals surface area contributed by atoms with Crippen molar-refractivity contribution < 1.29 is 39.2 Å². The van der Waals surface area contributed by atoms with Gasteiger partial charge in [0, 0.05) is 94.2 Å². The van der Waals surface area contributed by atoms with E-state index in [1.54, 1.807) is 91.8 Å². The minimum Gasteiger partial charge on any atom is -0.464 e. The Balaban J connectivity index is 0.000000222. The van der Waals surface area contributed by atoms with Crippen LogP contribution >= 0.6 is 0 Å². The van der Waals surface area contributed by atoms with Gasteiger partial charge in [-0.1, -0.05) is 47.9 Å². The Labute approximate surface area is 354 Å². The number of nitrogens with two attached hydrogens (primary N) is 3. The van der Waals surface area contributed by atoms with Crippen LogP contribution in [0, 0.1) is 23.7 Å². The molecule has 6 heterocycles. The number of nitrogen functional groups attached to an aromatic ring is 2. The molecule has 20 nitrogen and oxygen atoms in total. The van der Waals surface area contributed by atoms with Crippen molar-refractivity contribution in [1.82, 2.24) is 44.7 Å². The van der Waals surface area contributed by atoms with Crippen molar-refractivity contribution in [3.63, 3.8) is 0 Å². The summed E-state index contributed by atoms with van der Waals surface area (Å²) in [5.41, 5.74) is 18.2. The molecular weight excluding hydrogens is 801 g/mol. The molecule has 2 saturated heterocycles. The number of anilines is 2. The molecule has 0 aliphatic carbocycles. The first-order valence-electron chi connectivity index (χ1n) is 18.4. The van der Waals surface area contributed by atoms with Crippen molar-refractivity contribution in [2.45, 2.75) is 24.0 Å². The van der Waals surface area contributed by atoms with E-state index < -0.39 is 34.9 Å². The number of hydrogen-bond donors (Lipinski definition) is 7. The number of esters is 1. The van der Waals surface area contributed by atoms with Crippen LogP contribution < -0.4 is 23.4 Å². The monoisotopic (exact) mass is 844 g/mol. The van der Waals surface area contributed by atoms with Gasteiger partial charge in [-0.3, -0.25) is 23.2 Å². The molecule has 8 rings (SSSR count). The number of aliphatic hydroxyl groups is 3. The molecule has 62 heavy (non-hydrogen) atoms. The number of primary amides is 1. The third-order valence-electron chi connectivity index (χ3n) is 9.89. The van der Waals surface area contributed by atoms with Crippen molar-refractivity contribution in [1.29, 1.82) is 0 Å². The van der Waals surface area contributed by atoms with Gasteiger partial charge in [0.1, 0.15) is 23.0 Å². The first-order chi connectivity index (χ1) is 29.1. The summed E-state index contributed by atoms with van der Waals surface area (Å²) in [5.74, 6) is 9.11. The average Bonchev–Trinajstić information content (AvgIpc) is 4.07. The number of imidazole rings is 2. The number of hydrogen-bond acceptors (Lipinski definition) is 15. The summed E-state index contributed by atoms with van der Waals surface area (Å²) in [6.07, 6.45) is 6.85. The van der Waals surface area contributed by atoms with Gasteiger partial charge in [0.25, 0.3) is 17.7 Å². The second-order valence-corrected chi connectivity index (χ2v) is 13.8. The van der Waals surface area contributed by atoms with Crippen LogP contribution in [0.4, 0.5) is 11.6 Å². The second-order valence-electron chi connectivity index (χ2n) is 13.8. The van der Waals surface area contributed by atoms with Crippen LogP contribution in [0.2, 0.25) is 0 Å². The van der Waals surface area contributed by atoms with E-state index in [1.165, 1.54) is 21.3 Å². The van der Waals surface area contributed by atoms with E-state index in [4.69, 9.17) is 27.0 Å². The van der Waals surface area contributed by atoms with Crippen LogP contribution in [-0.2, 0) is 14.3 Å². The topological polar surface area (TPSA) is 318 Å². The SMILES string of the molecule is CN1CC[C@@](O)(C#Cc2cccc(-c3nc(C(N)=O)c(N)n4ccnc34)c2)C1=O.CO.COC(=O)c1nc(-c2cccc(C#C[C@]3(O)CCN(C)C3=O)c2)c2nccn2c1N.N. The van der Waals surface area contributed by atoms with Crippen LogP contribution in [0.15, 0.2) is 73.3 Å². The van der Waals surface area contributed by atoms with Crippen molar-refractivity contribution in [2.75, 3.05) is 52.9 Å². The number of nitrogens with zero attached hydrogens (tertiary/aromatic N) is 8. The zero-order valence-electron chi connectivity index (χ0n) is 34.2. The van der Waals surface area contributed by atoms with E-state index in [0.717, 1.165) is 7.11 Å². The molecule has 320 valence electrons. The number of methoxy groups -OCH3 is 1. The molecule has 0 radical (unpaired) electrons. The molecule has 0 bridgehead atoms. The molecule has 2 atom stereocenters. The molecule has 2 aliphatic rings. The highest BCUT2D eigenvalue weighted by Crippen LogP contribution is 2.29. The maximum atomic E-state index is 12.1. The lowest BCUT2D eigenvalue weighted by molar-refractivity contribution is -0.138. The summed E-state index contributed by atoms with van der Waals surface area (Å²) in [6.45, 7) is 0.904. The maximum absolute atomic E-state index is 12.1. The largest absolute Gasteiger partial charge is 0.464 e. The summed E-state index contributed by atoms with van der Waals surface area (Å²) in [4.78, 5) is 68.2. The van der Waals surface area contributed by atoms with Crippen LogP contribution in [0.1, 0.15) is 44.9 Å². The minimum atomic E-state index is -1.68.